The molecule has 15 heavy (non-hydrogen) atoms. The van der Waals surface area contributed by atoms with Crippen LogP contribution in [0, 0.1) is 5.41 Å². The van der Waals surface area contributed by atoms with Gasteiger partial charge < -0.3 is 10.5 Å². The van der Waals surface area contributed by atoms with Crippen molar-refractivity contribution >= 4 is 5.97 Å². The third kappa shape index (κ3) is 1.95. The van der Waals surface area contributed by atoms with E-state index in [-0.39, 0.29) is 19.4 Å². The molecule has 1 aliphatic carbocycles. The van der Waals surface area contributed by atoms with Gasteiger partial charge in [0.1, 0.15) is 6.04 Å². The van der Waals surface area contributed by atoms with Crippen molar-refractivity contribution in [2.75, 3.05) is 6.61 Å². The Hall–Kier alpha value is -0.780. The Labute approximate surface area is 85.8 Å². The number of ether oxygens (including phenoxy) is 1. The van der Waals surface area contributed by atoms with Gasteiger partial charge in [-0.15, -0.1) is 0 Å². The van der Waals surface area contributed by atoms with Crippen molar-refractivity contribution in [1.29, 1.82) is 0 Å². The first-order chi connectivity index (χ1) is 6.85. The largest absolute Gasteiger partial charge is 0.465 e. The van der Waals surface area contributed by atoms with Gasteiger partial charge in [0, 0.05) is 0 Å². The summed E-state index contributed by atoms with van der Waals surface area (Å²) in [6.45, 7) is 1.58. The first-order valence-electron chi connectivity index (χ1n) is 4.84. The fourth-order valence-corrected chi connectivity index (χ4v) is 1.79. The van der Waals surface area contributed by atoms with Crippen LogP contribution in [0.25, 0.3) is 0 Å². The maximum atomic E-state index is 12.7. The van der Waals surface area contributed by atoms with E-state index in [9.17, 15) is 18.0 Å². The molecule has 6 heteroatoms. The second kappa shape index (κ2) is 4.00. The molecule has 0 saturated heterocycles. The Kier molecular flexibility index (Phi) is 3.28. The third-order valence-electron chi connectivity index (χ3n) is 2.95. The van der Waals surface area contributed by atoms with E-state index in [0.29, 0.717) is 6.42 Å². The molecule has 0 aromatic rings. The van der Waals surface area contributed by atoms with Crippen LogP contribution in [-0.2, 0) is 9.53 Å². The van der Waals surface area contributed by atoms with E-state index in [1.165, 1.54) is 6.92 Å². The number of hydrogen-bond acceptors (Lipinski definition) is 3. The molecular weight excluding hydrogens is 211 g/mol. The second-order valence-corrected chi connectivity index (χ2v) is 3.74. The highest BCUT2D eigenvalue weighted by Gasteiger charge is 2.63. The fourth-order valence-electron chi connectivity index (χ4n) is 1.79. The van der Waals surface area contributed by atoms with Gasteiger partial charge in [-0.2, -0.15) is 13.2 Å². The predicted octanol–water partition coefficient (Wildman–Crippen LogP) is 1.61. The molecule has 88 valence electrons. The number of carbonyl (C=O) groups excluding carboxylic acids is 1. The molecule has 1 unspecified atom stereocenters. The topological polar surface area (TPSA) is 52.3 Å². The summed E-state index contributed by atoms with van der Waals surface area (Å²) >= 11 is 0. The van der Waals surface area contributed by atoms with Gasteiger partial charge in [-0.3, -0.25) is 4.79 Å². The van der Waals surface area contributed by atoms with Gasteiger partial charge in [0.15, 0.2) is 0 Å². The highest BCUT2D eigenvalue weighted by Crippen LogP contribution is 2.54. The van der Waals surface area contributed by atoms with Gasteiger partial charge >= 0.3 is 12.1 Å². The second-order valence-electron chi connectivity index (χ2n) is 3.74. The van der Waals surface area contributed by atoms with Gasteiger partial charge in [0.2, 0.25) is 0 Å². The van der Waals surface area contributed by atoms with Crippen LogP contribution < -0.4 is 5.73 Å². The van der Waals surface area contributed by atoms with Crippen molar-refractivity contribution in [3.8, 4) is 0 Å². The lowest BCUT2D eigenvalue weighted by molar-refractivity contribution is -0.259. The van der Waals surface area contributed by atoms with Crippen molar-refractivity contribution in [3.63, 3.8) is 0 Å². The maximum absolute atomic E-state index is 12.7. The molecule has 0 amide bonds. The Morgan fingerprint density at radius 1 is 1.53 bits per heavy atom. The Morgan fingerprint density at radius 2 is 2.07 bits per heavy atom. The molecule has 3 nitrogen and oxygen atoms in total. The van der Waals surface area contributed by atoms with E-state index in [1.54, 1.807) is 0 Å². The molecule has 0 aliphatic heterocycles. The average Bonchev–Trinajstić information content (AvgIpc) is 1.99. The highest BCUT2D eigenvalue weighted by molar-refractivity contribution is 5.77. The van der Waals surface area contributed by atoms with Crippen LogP contribution in [0.3, 0.4) is 0 Å². The van der Waals surface area contributed by atoms with Gasteiger partial charge in [0.05, 0.1) is 12.0 Å². The molecule has 1 saturated carbocycles. The summed E-state index contributed by atoms with van der Waals surface area (Å²) in [5.41, 5.74) is 3.28. The van der Waals surface area contributed by atoms with Gasteiger partial charge in [-0.05, 0) is 19.8 Å². The molecule has 1 aliphatic rings. The minimum atomic E-state index is -4.43. The summed E-state index contributed by atoms with van der Waals surface area (Å²) < 4.78 is 42.7. The summed E-state index contributed by atoms with van der Waals surface area (Å²) in [6.07, 6.45) is -4.16. The quantitative estimate of drug-likeness (QED) is 0.742. The molecule has 0 aromatic heterocycles. The molecule has 0 radical (unpaired) electrons. The van der Waals surface area contributed by atoms with Crippen LogP contribution >= 0.6 is 0 Å². The Balaban J connectivity index is 2.79. The van der Waals surface area contributed by atoms with Gasteiger partial charge in [-0.25, -0.2) is 0 Å². The predicted molar refractivity (Wildman–Crippen MR) is 46.9 cm³/mol. The van der Waals surface area contributed by atoms with Crippen molar-refractivity contribution in [2.45, 2.75) is 38.4 Å². The van der Waals surface area contributed by atoms with Crippen LogP contribution in [-0.4, -0.2) is 24.8 Å². The lowest BCUT2D eigenvalue weighted by Gasteiger charge is -2.45. The zero-order valence-electron chi connectivity index (χ0n) is 8.43. The summed E-state index contributed by atoms with van der Waals surface area (Å²) in [4.78, 5) is 11.2. The molecule has 1 fully saturated rings. The van der Waals surface area contributed by atoms with Crippen LogP contribution in [0.15, 0.2) is 0 Å². The average molecular weight is 225 g/mol. The number of halogens is 3. The van der Waals surface area contributed by atoms with Crippen LogP contribution in [0.5, 0.6) is 0 Å². The molecule has 0 heterocycles. The van der Waals surface area contributed by atoms with E-state index in [1.807, 2.05) is 0 Å². The number of alkyl halides is 3. The highest BCUT2D eigenvalue weighted by atomic mass is 19.4. The molecular formula is C9H14F3NO2. The molecule has 1 atom stereocenters. The van der Waals surface area contributed by atoms with Crippen LogP contribution in [0.1, 0.15) is 26.2 Å². The van der Waals surface area contributed by atoms with Crippen molar-refractivity contribution in [2.24, 2.45) is 11.1 Å². The molecule has 0 spiro atoms. The van der Waals surface area contributed by atoms with E-state index >= 15 is 0 Å². The molecule has 1 rings (SSSR count). The van der Waals surface area contributed by atoms with E-state index in [2.05, 4.69) is 4.74 Å². The van der Waals surface area contributed by atoms with E-state index < -0.39 is 23.6 Å². The Morgan fingerprint density at radius 3 is 2.33 bits per heavy atom. The number of nitrogens with two attached hydrogens (primary N) is 1. The number of hydrogen-bond donors (Lipinski definition) is 1. The lowest BCUT2D eigenvalue weighted by Crippen LogP contribution is -2.59. The SMILES string of the molecule is CCOC(=O)C(N)C1(C(F)(F)F)CCC1. The van der Waals surface area contributed by atoms with E-state index in [0.717, 1.165) is 0 Å². The standard InChI is InChI=1S/C9H14F3NO2/c1-2-15-7(14)6(13)8(4-3-5-8)9(10,11)12/h6H,2-5,13H2,1H3. The Bertz CT molecular complexity index is 248. The summed E-state index contributed by atoms with van der Waals surface area (Å²) in [5, 5.41) is 0. The van der Waals surface area contributed by atoms with Gasteiger partial charge in [-0.1, -0.05) is 6.42 Å². The number of carbonyl (C=O) groups is 1. The molecule has 0 bridgehead atoms. The lowest BCUT2D eigenvalue weighted by atomic mass is 9.63. The van der Waals surface area contributed by atoms with Crippen LogP contribution in [0.4, 0.5) is 13.2 Å². The summed E-state index contributed by atoms with van der Waals surface area (Å²) in [7, 11) is 0. The maximum Gasteiger partial charge on any atom is 0.396 e. The first-order valence-corrected chi connectivity index (χ1v) is 4.84. The minimum Gasteiger partial charge on any atom is -0.465 e. The zero-order valence-corrected chi connectivity index (χ0v) is 8.43. The van der Waals surface area contributed by atoms with Crippen molar-refractivity contribution < 1.29 is 22.7 Å². The summed E-state index contributed by atoms with van der Waals surface area (Å²) in [5.74, 6) is -0.963. The number of esters is 1. The molecule has 2 N–H and O–H groups in total. The van der Waals surface area contributed by atoms with E-state index in [4.69, 9.17) is 5.73 Å². The monoisotopic (exact) mass is 225 g/mol. The smallest absolute Gasteiger partial charge is 0.396 e. The summed E-state index contributed by atoms with van der Waals surface area (Å²) in [6, 6.07) is -1.59. The molecule has 0 aromatic carbocycles. The van der Waals surface area contributed by atoms with Crippen molar-refractivity contribution in [1.82, 2.24) is 0 Å². The van der Waals surface area contributed by atoms with Gasteiger partial charge in [0.25, 0.3) is 0 Å². The van der Waals surface area contributed by atoms with Crippen LogP contribution in [0.2, 0.25) is 0 Å². The third-order valence-corrected chi connectivity index (χ3v) is 2.95. The first kappa shape index (κ1) is 12.3. The fraction of sp³-hybridized carbons (Fsp3) is 0.889. The number of rotatable bonds is 3. The normalized spacial score (nSPS) is 21.7. The minimum absolute atomic E-state index is 0.0421. The van der Waals surface area contributed by atoms with Crippen molar-refractivity contribution in [3.05, 3.63) is 0 Å². The zero-order chi connectivity index (χ0) is 11.7.